The maximum Gasteiger partial charge on any atom is 0.490 e. The number of aliphatic hydroxyl groups is 1. The van der Waals surface area contributed by atoms with E-state index in [4.69, 9.17) is 25.8 Å². The second-order valence-corrected chi connectivity index (χ2v) is 11.7. The van der Waals surface area contributed by atoms with Gasteiger partial charge in [0.15, 0.2) is 5.72 Å². The van der Waals surface area contributed by atoms with Crippen molar-refractivity contribution in [2.45, 2.75) is 24.4 Å². The van der Waals surface area contributed by atoms with Crippen LogP contribution in [0.15, 0.2) is 16.8 Å². The molecule has 3 heterocycles. The van der Waals surface area contributed by atoms with Gasteiger partial charge in [0, 0.05) is 16.9 Å². The fraction of sp³-hybridized carbons (Fsp3) is 0.455. The number of aliphatic hydroxyl groups excluding tert-OH is 1. The van der Waals surface area contributed by atoms with Gasteiger partial charge in [-0.25, -0.2) is 23.7 Å². The lowest BCUT2D eigenvalue weighted by molar-refractivity contribution is -0.105. The van der Waals surface area contributed by atoms with E-state index < -0.39 is 48.0 Å². The molecular formula is C11H15N6O12P3S. The lowest BCUT2D eigenvalue weighted by Crippen LogP contribution is -2.41. The van der Waals surface area contributed by atoms with E-state index in [0.717, 1.165) is 0 Å². The summed E-state index contributed by atoms with van der Waals surface area (Å²) in [4.78, 5) is 46.4. The molecular weight excluding hydrogens is 533 g/mol. The van der Waals surface area contributed by atoms with E-state index in [1.165, 1.54) is 17.7 Å². The summed E-state index contributed by atoms with van der Waals surface area (Å²) in [7, 11) is -16.9. The Balaban J connectivity index is 1.80. The number of thiophene rings is 1. The van der Waals surface area contributed by atoms with Gasteiger partial charge in [-0.15, -0.1) is 11.3 Å². The lowest BCUT2D eigenvalue weighted by Gasteiger charge is -2.27. The number of phosphoric ester groups is 1. The molecule has 0 aliphatic carbocycles. The number of nitrogens with zero attached hydrogens (tertiary/aromatic N) is 5. The molecule has 2 aromatic heterocycles. The molecule has 7 N–H and O–H groups in total. The minimum atomic E-state index is -5.77. The molecule has 0 bridgehead atoms. The zero-order chi connectivity index (χ0) is 24.7. The Hall–Kier alpha value is -1.52. The largest absolute Gasteiger partial charge is 0.490 e. The SMILES string of the molecule is [N-]=[N+]=N[C@]1(COP(=O)(O)OP(=O)(O)OP(=O)(O)O)O[C@@H](c2csc3c(N)ncnc23)C[C@@H]1O. The van der Waals surface area contributed by atoms with E-state index in [9.17, 15) is 28.6 Å². The molecule has 18 nitrogen and oxygen atoms in total. The van der Waals surface area contributed by atoms with Gasteiger partial charge in [-0.3, -0.25) is 4.52 Å². The first-order chi connectivity index (χ1) is 15.2. The quantitative estimate of drug-likeness (QED) is 0.112. The summed E-state index contributed by atoms with van der Waals surface area (Å²) in [5.41, 5.74) is 13.2. The molecule has 0 radical (unpaired) electrons. The van der Waals surface area contributed by atoms with Crippen molar-refractivity contribution in [2.75, 3.05) is 12.3 Å². The van der Waals surface area contributed by atoms with Crippen LogP contribution in [0.1, 0.15) is 18.1 Å². The molecule has 22 heteroatoms. The molecule has 1 aliphatic rings. The van der Waals surface area contributed by atoms with E-state index in [-0.39, 0.29) is 12.2 Å². The van der Waals surface area contributed by atoms with Crippen molar-refractivity contribution in [1.29, 1.82) is 0 Å². The summed E-state index contributed by atoms with van der Waals surface area (Å²) >= 11 is 1.18. The van der Waals surface area contributed by atoms with E-state index in [1.54, 1.807) is 5.38 Å². The van der Waals surface area contributed by atoms with Crippen LogP contribution in [0.2, 0.25) is 0 Å². The monoisotopic (exact) mass is 548 g/mol. The number of nitrogens with two attached hydrogens (primary N) is 1. The third-order valence-electron chi connectivity index (χ3n) is 4.12. The van der Waals surface area contributed by atoms with Crippen molar-refractivity contribution in [3.05, 3.63) is 27.7 Å². The highest BCUT2D eigenvalue weighted by Crippen LogP contribution is 2.66. The molecule has 0 amide bonds. The van der Waals surface area contributed by atoms with Gasteiger partial charge in [0.1, 0.15) is 12.1 Å². The molecule has 3 rings (SSSR count). The lowest BCUT2D eigenvalue weighted by atomic mass is 10.0. The molecule has 2 aromatic rings. The normalized spacial score (nSPS) is 27.1. The van der Waals surface area contributed by atoms with Crippen LogP contribution in [0.4, 0.5) is 5.82 Å². The van der Waals surface area contributed by atoms with Crippen LogP contribution in [-0.2, 0) is 31.6 Å². The summed E-state index contributed by atoms with van der Waals surface area (Å²) in [5, 5.41) is 15.4. The topological polar surface area (TPSA) is 290 Å². The number of phosphoric acid groups is 3. The predicted molar refractivity (Wildman–Crippen MR) is 108 cm³/mol. The minimum absolute atomic E-state index is 0.186. The predicted octanol–water partition coefficient (Wildman–Crippen LogP) is 1.45. The number of fused-ring (bicyclic) bond motifs is 1. The van der Waals surface area contributed by atoms with E-state index in [2.05, 4.69) is 33.1 Å². The van der Waals surface area contributed by atoms with Gasteiger partial charge in [-0.1, -0.05) is 5.11 Å². The Kier molecular flexibility index (Phi) is 7.32. The number of rotatable bonds is 9. The average molecular weight is 548 g/mol. The first-order valence-corrected chi connectivity index (χ1v) is 13.7. The van der Waals surface area contributed by atoms with Gasteiger partial charge in [-0.2, -0.15) is 8.62 Å². The Morgan fingerprint density at radius 3 is 2.61 bits per heavy atom. The number of azide groups is 1. The summed E-state index contributed by atoms with van der Waals surface area (Å²) in [5.74, 6) is 0.198. The number of hydrogen-bond donors (Lipinski definition) is 6. The average Bonchev–Trinajstić information content (AvgIpc) is 3.20. The van der Waals surface area contributed by atoms with Gasteiger partial charge in [-0.05, 0) is 10.9 Å². The Labute approximate surface area is 187 Å². The van der Waals surface area contributed by atoms with E-state index >= 15 is 0 Å². The molecule has 1 fully saturated rings. The van der Waals surface area contributed by atoms with Crippen LogP contribution >= 0.6 is 34.8 Å². The molecule has 1 saturated heterocycles. The van der Waals surface area contributed by atoms with Crippen LogP contribution in [0.5, 0.6) is 0 Å². The molecule has 182 valence electrons. The first-order valence-electron chi connectivity index (χ1n) is 8.35. The number of nitrogen functional groups attached to an aromatic ring is 1. The summed E-state index contributed by atoms with van der Waals surface area (Å²) in [6.45, 7) is -1.17. The standard InChI is InChI=1S/C11H15N6O12P3S/c12-10-9-8(14-4-15-10)5(2-33-9)6-1-7(18)11(27-6,16-17-13)3-26-31(22,23)29-32(24,25)28-30(19,20)21/h2,4,6-7,18H,1,3H2,(H,22,23)(H,24,25)(H2,12,14,15)(H2,19,20,21)/t6-,7+,11-/m1/s1. The molecule has 1 aliphatic heterocycles. The van der Waals surface area contributed by atoms with Crippen molar-refractivity contribution in [3.8, 4) is 0 Å². The van der Waals surface area contributed by atoms with Gasteiger partial charge in [0.25, 0.3) is 0 Å². The van der Waals surface area contributed by atoms with Crippen LogP contribution in [-0.4, -0.2) is 53.1 Å². The summed E-state index contributed by atoms with van der Waals surface area (Å²) in [6.07, 6.45) is -1.53. The fourth-order valence-electron chi connectivity index (χ4n) is 2.87. The van der Waals surface area contributed by atoms with E-state index in [1.807, 2.05) is 0 Å². The second kappa shape index (κ2) is 9.26. The number of aromatic nitrogens is 2. The number of hydrogen-bond acceptors (Lipinski definition) is 13. The third kappa shape index (κ3) is 6.14. The van der Waals surface area contributed by atoms with Crippen molar-refractivity contribution < 1.29 is 56.3 Å². The van der Waals surface area contributed by atoms with Crippen LogP contribution < -0.4 is 5.73 Å². The number of ether oxygens (including phenoxy) is 1. The van der Waals surface area contributed by atoms with Crippen molar-refractivity contribution >= 4 is 50.8 Å². The maximum absolute atomic E-state index is 12.0. The third-order valence-corrected chi connectivity index (χ3v) is 8.92. The second-order valence-electron chi connectivity index (χ2n) is 6.38. The van der Waals surface area contributed by atoms with Gasteiger partial charge >= 0.3 is 23.5 Å². The highest BCUT2D eigenvalue weighted by atomic mass is 32.1. The highest BCUT2D eigenvalue weighted by molar-refractivity contribution is 7.66. The maximum atomic E-state index is 12.0. The minimum Gasteiger partial charge on any atom is -0.390 e. The van der Waals surface area contributed by atoms with Crippen LogP contribution in [0.3, 0.4) is 0 Å². The van der Waals surface area contributed by atoms with Gasteiger partial charge < -0.3 is 35.2 Å². The highest BCUT2D eigenvalue weighted by Gasteiger charge is 2.51. The Bertz CT molecular complexity index is 1250. The molecule has 0 saturated carbocycles. The zero-order valence-electron chi connectivity index (χ0n) is 15.9. The summed E-state index contributed by atoms with van der Waals surface area (Å²) < 4.78 is 52.0. The molecule has 33 heavy (non-hydrogen) atoms. The molecule has 5 atom stereocenters. The van der Waals surface area contributed by atoms with Crippen molar-refractivity contribution in [3.63, 3.8) is 0 Å². The fourth-order valence-corrected chi connectivity index (χ4v) is 6.88. The molecule has 2 unspecified atom stereocenters. The van der Waals surface area contributed by atoms with Crippen molar-refractivity contribution in [2.24, 2.45) is 5.11 Å². The van der Waals surface area contributed by atoms with Crippen LogP contribution in [0.25, 0.3) is 20.7 Å². The first kappa shape index (κ1) is 26.1. The zero-order valence-corrected chi connectivity index (χ0v) is 19.4. The summed E-state index contributed by atoms with van der Waals surface area (Å²) in [6, 6.07) is 0. The van der Waals surface area contributed by atoms with Crippen LogP contribution in [0, 0.1) is 0 Å². The van der Waals surface area contributed by atoms with Gasteiger partial charge in [0.2, 0.25) is 0 Å². The molecule has 0 aromatic carbocycles. The smallest absolute Gasteiger partial charge is 0.390 e. The van der Waals surface area contributed by atoms with E-state index in [0.29, 0.717) is 15.8 Å². The Morgan fingerprint density at radius 2 is 1.97 bits per heavy atom. The van der Waals surface area contributed by atoms with Crippen molar-refractivity contribution in [1.82, 2.24) is 9.97 Å². The number of anilines is 1. The van der Waals surface area contributed by atoms with Gasteiger partial charge in [0.05, 0.1) is 29.0 Å². The Morgan fingerprint density at radius 1 is 1.27 bits per heavy atom. The molecule has 0 spiro atoms.